The van der Waals surface area contributed by atoms with E-state index in [4.69, 9.17) is 17.3 Å². The van der Waals surface area contributed by atoms with Crippen molar-refractivity contribution in [2.75, 3.05) is 18.2 Å². The van der Waals surface area contributed by atoms with Gasteiger partial charge in [-0.2, -0.15) is 0 Å². The maximum atomic E-state index is 12.1. The van der Waals surface area contributed by atoms with Gasteiger partial charge in [0.1, 0.15) is 5.82 Å². The average molecular weight is 306 g/mol. The normalized spacial score (nSPS) is 10.0. The van der Waals surface area contributed by atoms with Gasteiger partial charge in [0.15, 0.2) is 0 Å². The van der Waals surface area contributed by atoms with Gasteiger partial charge in [-0.3, -0.25) is 4.79 Å². The molecule has 1 heterocycles. The number of amides is 1. The van der Waals surface area contributed by atoms with Gasteiger partial charge in [-0.05, 0) is 30.3 Å². The Balaban J connectivity index is 2.29. The van der Waals surface area contributed by atoms with Crippen molar-refractivity contribution in [1.82, 2.24) is 4.98 Å². The zero-order valence-electron chi connectivity index (χ0n) is 11.1. The van der Waals surface area contributed by atoms with E-state index in [-0.39, 0.29) is 22.6 Å². The van der Waals surface area contributed by atoms with Crippen molar-refractivity contribution in [1.29, 1.82) is 0 Å². The lowest BCUT2D eigenvalue weighted by atomic mass is 10.2. The zero-order valence-corrected chi connectivity index (χ0v) is 11.8. The van der Waals surface area contributed by atoms with Crippen LogP contribution in [0.1, 0.15) is 20.7 Å². The third-order valence-electron chi connectivity index (χ3n) is 2.72. The maximum absolute atomic E-state index is 12.1. The molecule has 0 saturated carbocycles. The molecule has 0 spiro atoms. The summed E-state index contributed by atoms with van der Waals surface area (Å²) in [5, 5.41) is 2.88. The number of aromatic nitrogens is 1. The Morgan fingerprint density at radius 1 is 1.33 bits per heavy atom. The Bertz CT molecular complexity index is 704. The molecular weight excluding hydrogens is 294 g/mol. The van der Waals surface area contributed by atoms with Gasteiger partial charge in [-0.15, -0.1) is 0 Å². The molecule has 1 aromatic heterocycles. The van der Waals surface area contributed by atoms with E-state index >= 15 is 0 Å². The van der Waals surface area contributed by atoms with Gasteiger partial charge in [0.25, 0.3) is 5.91 Å². The summed E-state index contributed by atoms with van der Waals surface area (Å²) in [6.45, 7) is 0. The van der Waals surface area contributed by atoms with Crippen molar-refractivity contribution in [3.63, 3.8) is 0 Å². The second-order valence-electron chi connectivity index (χ2n) is 4.08. The fourth-order valence-corrected chi connectivity index (χ4v) is 1.83. The highest BCUT2D eigenvalue weighted by atomic mass is 35.5. The summed E-state index contributed by atoms with van der Waals surface area (Å²) in [6, 6.07) is 7.56. The van der Waals surface area contributed by atoms with Crippen LogP contribution in [0.25, 0.3) is 0 Å². The predicted molar refractivity (Wildman–Crippen MR) is 79.4 cm³/mol. The zero-order chi connectivity index (χ0) is 15.4. The Hall–Kier alpha value is -2.60. The van der Waals surface area contributed by atoms with Crippen LogP contribution in [0.15, 0.2) is 36.5 Å². The van der Waals surface area contributed by atoms with Crippen molar-refractivity contribution in [3.8, 4) is 0 Å². The van der Waals surface area contributed by atoms with Crippen LogP contribution in [0.2, 0.25) is 5.02 Å². The van der Waals surface area contributed by atoms with Crippen molar-refractivity contribution in [2.45, 2.75) is 0 Å². The molecular formula is C14H12ClN3O3. The van der Waals surface area contributed by atoms with E-state index in [1.165, 1.54) is 37.6 Å². The number of methoxy groups -OCH3 is 1. The third-order valence-corrected chi connectivity index (χ3v) is 3.05. The fourth-order valence-electron chi connectivity index (χ4n) is 1.67. The van der Waals surface area contributed by atoms with Crippen LogP contribution in [-0.4, -0.2) is 24.0 Å². The second kappa shape index (κ2) is 6.23. The molecule has 3 N–H and O–H groups in total. The molecule has 21 heavy (non-hydrogen) atoms. The van der Waals surface area contributed by atoms with Crippen molar-refractivity contribution < 1.29 is 14.3 Å². The van der Waals surface area contributed by atoms with Crippen LogP contribution in [-0.2, 0) is 4.74 Å². The number of carbonyl (C=O) groups is 2. The molecule has 0 aliphatic heterocycles. The SMILES string of the molecule is COC(=O)c1ccc(Cl)c(NC(=O)c2cccnc2N)c1. The van der Waals surface area contributed by atoms with E-state index in [2.05, 4.69) is 15.0 Å². The van der Waals surface area contributed by atoms with Gasteiger partial charge in [0, 0.05) is 6.20 Å². The highest BCUT2D eigenvalue weighted by Crippen LogP contribution is 2.24. The van der Waals surface area contributed by atoms with Gasteiger partial charge in [-0.1, -0.05) is 11.6 Å². The van der Waals surface area contributed by atoms with Crippen LogP contribution in [0.4, 0.5) is 11.5 Å². The minimum absolute atomic E-state index is 0.107. The van der Waals surface area contributed by atoms with E-state index in [1.54, 1.807) is 6.07 Å². The average Bonchev–Trinajstić information content (AvgIpc) is 2.49. The lowest BCUT2D eigenvalue weighted by Gasteiger charge is -2.09. The third kappa shape index (κ3) is 3.29. The number of rotatable bonds is 3. The Morgan fingerprint density at radius 2 is 2.10 bits per heavy atom. The predicted octanol–water partition coefficient (Wildman–Crippen LogP) is 2.36. The fraction of sp³-hybridized carbons (Fsp3) is 0.0714. The first-order chi connectivity index (χ1) is 10.0. The summed E-state index contributed by atoms with van der Waals surface area (Å²) in [5.41, 5.74) is 6.41. The number of ether oxygens (including phenoxy) is 1. The molecule has 2 aromatic rings. The van der Waals surface area contributed by atoms with Crippen molar-refractivity contribution in [3.05, 3.63) is 52.7 Å². The van der Waals surface area contributed by atoms with Crippen LogP contribution >= 0.6 is 11.6 Å². The lowest BCUT2D eigenvalue weighted by molar-refractivity contribution is 0.0600. The summed E-state index contributed by atoms with van der Waals surface area (Å²) >= 11 is 6.00. The molecule has 6 nitrogen and oxygen atoms in total. The first kappa shape index (κ1) is 14.8. The number of nitrogens with one attached hydrogen (secondary N) is 1. The van der Waals surface area contributed by atoms with E-state index < -0.39 is 11.9 Å². The molecule has 0 aliphatic rings. The summed E-state index contributed by atoms with van der Waals surface area (Å²) in [6.07, 6.45) is 1.48. The molecule has 0 bridgehead atoms. The molecule has 0 unspecified atom stereocenters. The number of nitrogens with two attached hydrogens (primary N) is 1. The molecule has 0 atom stereocenters. The Labute approximate surface area is 125 Å². The first-order valence-corrected chi connectivity index (χ1v) is 6.30. The van der Waals surface area contributed by atoms with Gasteiger partial charge in [0.2, 0.25) is 0 Å². The van der Waals surface area contributed by atoms with E-state index in [1.807, 2.05) is 0 Å². The summed E-state index contributed by atoms with van der Waals surface area (Å²) < 4.78 is 4.62. The van der Waals surface area contributed by atoms with Crippen LogP contribution in [0, 0.1) is 0 Å². The summed E-state index contributed by atoms with van der Waals surface area (Å²) in [4.78, 5) is 27.4. The number of nitrogens with zero attached hydrogens (tertiary/aromatic N) is 1. The molecule has 2 rings (SSSR count). The molecule has 0 fully saturated rings. The van der Waals surface area contributed by atoms with Gasteiger partial charge in [-0.25, -0.2) is 9.78 Å². The number of hydrogen-bond acceptors (Lipinski definition) is 5. The highest BCUT2D eigenvalue weighted by Gasteiger charge is 2.14. The maximum Gasteiger partial charge on any atom is 0.337 e. The van der Waals surface area contributed by atoms with Crippen LogP contribution < -0.4 is 11.1 Å². The Kier molecular flexibility index (Phi) is 4.39. The molecule has 1 aromatic carbocycles. The molecule has 108 valence electrons. The largest absolute Gasteiger partial charge is 0.465 e. The molecule has 0 aliphatic carbocycles. The summed E-state index contributed by atoms with van der Waals surface area (Å²) in [5.74, 6) is -0.886. The van der Waals surface area contributed by atoms with Crippen LogP contribution in [0.5, 0.6) is 0 Å². The molecule has 0 radical (unpaired) electrons. The minimum atomic E-state index is -0.525. The smallest absolute Gasteiger partial charge is 0.337 e. The number of benzene rings is 1. The second-order valence-corrected chi connectivity index (χ2v) is 4.48. The molecule has 1 amide bonds. The van der Waals surface area contributed by atoms with Gasteiger partial charge < -0.3 is 15.8 Å². The van der Waals surface area contributed by atoms with Crippen molar-refractivity contribution in [2.24, 2.45) is 0 Å². The first-order valence-electron chi connectivity index (χ1n) is 5.92. The number of halogens is 1. The number of pyridine rings is 1. The monoisotopic (exact) mass is 305 g/mol. The van der Waals surface area contributed by atoms with E-state index in [9.17, 15) is 9.59 Å². The van der Waals surface area contributed by atoms with Gasteiger partial charge in [0.05, 0.1) is 28.9 Å². The minimum Gasteiger partial charge on any atom is -0.465 e. The number of esters is 1. The lowest BCUT2D eigenvalue weighted by Crippen LogP contribution is -2.15. The number of carbonyl (C=O) groups excluding carboxylic acids is 2. The number of anilines is 2. The topological polar surface area (TPSA) is 94.3 Å². The van der Waals surface area contributed by atoms with E-state index in [0.717, 1.165) is 0 Å². The molecule has 0 saturated heterocycles. The van der Waals surface area contributed by atoms with Gasteiger partial charge >= 0.3 is 5.97 Å². The number of hydrogen-bond donors (Lipinski definition) is 2. The summed E-state index contributed by atoms with van der Waals surface area (Å²) in [7, 11) is 1.27. The number of nitrogen functional groups attached to an aromatic ring is 1. The Morgan fingerprint density at radius 3 is 2.76 bits per heavy atom. The highest BCUT2D eigenvalue weighted by molar-refractivity contribution is 6.34. The quantitative estimate of drug-likeness (QED) is 0.849. The van der Waals surface area contributed by atoms with E-state index in [0.29, 0.717) is 5.02 Å². The van der Waals surface area contributed by atoms with Crippen molar-refractivity contribution >= 4 is 35.0 Å². The van der Waals surface area contributed by atoms with Crippen LogP contribution in [0.3, 0.4) is 0 Å². The molecule has 7 heteroatoms. The standard InChI is InChI=1S/C14H12ClN3O3/c1-21-14(20)8-4-5-10(15)11(7-8)18-13(19)9-3-2-6-17-12(9)16/h2-7H,1H3,(H2,16,17)(H,18,19).